The molecule has 0 aliphatic heterocycles. The number of ether oxygens (including phenoxy) is 1. The Labute approximate surface area is 128 Å². The molecule has 2 N–H and O–H groups in total. The quantitative estimate of drug-likeness (QED) is 0.638. The molecule has 0 spiro atoms. The zero-order chi connectivity index (χ0) is 13.8. The van der Waals surface area contributed by atoms with Crippen LogP contribution < -0.4 is 5.73 Å². The first-order chi connectivity index (χ1) is 9.08. The monoisotopic (exact) mass is 383 g/mol. The smallest absolute Gasteiger partial charge is 0.340 e. The number of anilines is 1. The van der Waals surface area contributed by atoms with Crippen LogP contribution in [0.3, 0.4) is 0 Å². The van der Waals surface area contributed by atoms with Crippen molar-refractivity contribution in [2.75, 3.05) is 5.73 Å². The van der Waals surface area contributed by atoms with Crippen molar-refractivity contribution in [3.8, 4) is 0 Å². The number of hydrogen-bond acceptors (Lipinski definition) is 3. The van der Waals surface area contributed by atoms with E-state index in [1.807, 2.05) is 24.3 Å². The van der Waals surface area contributed by atoms with E-state index < -0.39 is 5.97 Å². The van der Waals surface area contributed by atoms with Crippen molar-refractivity contribution in [2.24, 2.45) is 0 Å². The van der Waals surface area contributed by atoms with Gasteiger partial charge in [-0.3, -0.25) is 0 Å². The summed E-state index contributed by atoms with van der Waals surface area (Å²) in [5.41, 5.74) is 7.49. The van der Waals surface area contributed by atoms with Crippen LogP contribution >= 0.6 is 31.9 Å². The molecule has 0 radical (unpaired) electrons. The first kappa shape index (κ1) is 14.1. The Balaban J connectivity index is 2.08. The van der Waals surface area contributed by atoms with Gasteiger partial charge < -0.3 is 10.5 Å². The molecule has 0 atom stereocenters. The molecule has 0 aromatic heterocycles. The van der Waals surface area contributed by atoms with Crippen LogP contribution in [0.5, 0.6) is 0 Å². The van der Waals surface area contributed by atoms with Crippen LogP contribution in [-0.4, -0.2) is 5.97 Å². The first-order valence-electron chi connectivity index (χ1n) is 5.53. The summed E-state index contributed by atoms with van der Waals surface area (Å²) in [5, 5.41) is 0. The molecule has 0 fully saturated rings. The SMILES string of the molecule is Nc1c(Br)cccc1C(=O)OCc1cccc(Br)c1. The average molecular weight is 385 g/mol. The molecule has 0 unspecified atom stereocenters. The maximum absolute atomic E-state index is 11.9. The van der Waals surface area contributed by atoms with E-state index in [2.05, 4.69) is 31.9 Å². The Morgan fingerprint density at radius 2 is 1.89 bits per heavy atom. The molecular formula is C14H11Br2NO2. The van der Waals surface area contributed by atoms with Gasteiger partial charge in [0.2, 0.25) is 0 Å². The number of carbonyl (C=O) groups is 1. The topological polar surface area (TPSA) is 52.3 Å². The summed E-state index contributed by atoms with van der Waals surface area (Å²) in [4.78, 5) is 11.9. The fourth-order valence-electron chi connectivity index (χ4n) is 1.57. The van der Waals surface area contributed by atoms with Gasteiger partial charge in [0.15, 0.2) is 0 Å². The number of carbonyl (C=O) groups excluding carboxylic acids is 1. The number of esters is 1. The highest BCUT2D eigenvalue weighted by molar-refractivity contribution is 9.10. The van der Waals surface area contributed by atoms with E-state index in [0.29, 0.717) is 15.7 Å². The van der Waals surface area contributed by atoms with E-state index in [-0.39, 0.29) is 6.61 Å². The van der Waals surface area contributed by atoms with Gasteiger partial charge in [-0.2, -0.15) is 0 Å². The zero-order valence-corrected chi connectivity index (χ0v) is 13.1. The Hall–Kier alpha value is -1.33. The Morgan fingerprint density at radius 1 is 1.16 bits per heavy atom. The summed E-state index contributed by atoms with van der Waals surface area (Å²) in [6.45, 7) is 0.213. The number of hydrogen-bond donors (Lipinski definition) is 1. The molecule has 2 aromatic carbocycles. The third-order valence-electron chi connectivity index (χ3n) is 2.53. The highest BCUT2D eigenvalue weighted by Gasteiger charge is 2.12. The highest BCUT2D eigenvalue weighted by Crippen LogP contribution is 2.24. The Bertz CT molecular complexity index is 614. The zero-order valence-electron chi connectivity index (χ0n) is 9.90. The Kier molecular flexibility index (Phi) is 4.61. The molecular weight excluding hydrogens is 374 g/mol. The number of nitrogens with two attached hydrogens (primary N) is 1. The predicted octanol–water partition coefficient (Wildman–Crippen LogP) is 4.15. The fraction of sp³-hybridized carbons (Fsp3) is 0.0714. The molecule has 0 saturated carbocycles. The van der Waals surface area contributed by atoms with Crippen molar-refractivity contribution < 1.29 is 9.53 Å². The molecule has 2 aromatic rings. The van der Waals surface area contributed by atoms with Crippen molar-refractivity contribution in [3.63, 3.8) is 0 Å². The lowest BCUT2D eigenvalue weighted by atomic mass is 10.2. The lowest BCUT2D eigenvalue weighted by Gasteiger charge is -2.08. The van der Waals surface area contributed by atoms with Crippen molar-refractivity contribution in [3.05, 3.63) is 62.5 Å². The molecule has 0 aliphatic carbocycles. The molecule has 0 amide bonds. The summed E-state index contributed by atoms with van der Waals surface area (Å²) in [5.74, 6) is -0.432. The molecule has 0 bridgehead atoms. The predicted molar refractivity (Wildman–Crippen MR) is 81.8 cm³/mol. The number of rotatable bonds is 3. The van der Waals surface area contributed by atoms with Crippen LogP contribution in [-0.2, 0) is 11.3 Å². The lowest BCUT2D eigenvalue weighted by molar-refractivity contribution is 0.0474. The number of benzene rings is 2. The van der Waals surface area contributed by atoms with Gasteiger partial charge in [-0.15, -0.1) is 0 Å². The van der Waals surface area contributed by atoms with Crippen molar-refractivity contribution in [1.82, 2.24) is 0 Å². The highest BCUT2D eigenvalue weighted by atomic mass is 79.9. The minimum atomic E-state index is -0.432. The summed E-state index contributed by atoms with van der Waals surface area (Å²) >= 11 is 6.65. The van der Waals surface area contributed by atoms with Crippen molar-refractivity contribution >= 4 is 43.5 Å². The second kappa shape index (κ2) is 6.21. The largest absolute Gasteiger partial charge is 0.457 e. The summed E-state index contributed by atoms with van der Waals surface area (Å²) in [6, 6.07) is 12.8. The molecule has 3 nitrogen and oxygen atoms in total. The van der Waals surface area contributed by atoms with Gasteiger partial charge in [0, 0.05) is 8.95 Å². The van der Waals surface area contributed by atoms with Gasteiger partial charge in [0.05, 0.1) is 11.3 Å². The van der Waals surface area contributed by atoms with Crippen LogP contribution in [0.15, 0.2) is 51.4 Å². The van der Waals surface area contributed by atoms with Gasteiger partial charge in [-0.25, -0.2) is 4.79 Å². The number of nitrogen functional groups attached to an aromatic ring is 1. The van der Waals surface area contributed by atoms with E-state index in [0.717, 1.165) is 10.0 Å². The minimum absolute atomic E-state index is 0.213. The number of halogens is 2. The van der Waals surface area contributed by atoms with E-state index in [9.17, 15) is 4.79 Å². The molecule has 0 saturated heterocycles. The van der Waals surface area contributed by atoms with Crippen molar-refractivity contribution in [1.29, 1.82) is 0 Å². The maximum Gasteiger partial charge on any atom is 0.340 e. The van der Waals surface area contributed by atoms with E-state index in [4.69, 9.17) is 10.5 Å². The third-order valence-corrected chi connectivity index (χ3v) is 3.72. The molecule has 2 rings (SSSR count). The standard InChI is InChI=1S/C14H11Br2NO2/c15-10-4-1-3-9(7-10)8-19-14(18)11-5-2-6-12(16)13(11)17/h1-7H,8,17H2. The van der Waals surface area contributed by atoms with Crippen LogP contribution in [0.4, 0.5) is 5.69 Å². The molecule has 98 valence electrons. The summed E-state index contributed by atoms with van der Waals surface area (Å²) < 4.78 is 6.88. The molecule has 5 heteroatoms. The summed E-state index contributed by atoms with van der Waals surface area (Å²) in [7, 11) is 0. The molecule has 19 heavy (non-hydrogen) atoms. The van der Waals surface area contributed by atoms with Gasteiger partial charge in [-0.05, 0) is 45.8 Å². The van der Waals surface area contributed by atoms with E-state index in [1.54, 1.807) is 18.2 Å². The molecule has 0 aliphatic rings. The second-order valence-corrected chi connectivity index (χ2v) is 5.68. The van der Waals surface area contributed by atoms with Gasteiger partial charge in [-0.1, -0.05) is 34.1 Å². The normalized spacial score (nSPS) is 10.2. The van der Waals surface area contributed by atoms with Crippen molar-refractivity contribution in [2.45, 2.75) is 6.61 Å². The van der Waals surface area contributed by atoms with Crippen LogP contribution in [0, 0.1) is 0 Å². The van der Waals surface area contributed by atoms with E-state index in [1.165, 1.54) is 0 Å². The minimum Gasteiger partial charge on any atom is -0.457 e. The van der Waals surface area contributed by atoms with Gasteiger partial charge in [0.25, 0.3) is 0 Å². The van der Waals surface area contributed by atoms with Crippen LogP contribution in [0.1, 0.15) is 15.9 Å². The fourth-order valence-corrected chi connectivity index (χ4v) is 2.38. The third kappa shape index (κ3) is 3.58. The van der Waals surface area contributed by atoms with Crippen LogP contribution in [0.25, 0.3) is 0 Å². The van der Waals surface area contributed by atoms with E-state index >= 15 is 0 Å². The Morgan fingerprint density at radius 3 is 2.63 bits per heavy atom. The summed E-state index contributed by atoms with van der Waals surface area (Å²) in [6.07, 6.45) is 0. The lowest BCUT2D eigenvalue weighted by Crippen LogP contribution is -2.08. The van der Waals surface area contributed by atoms with Gasteiger partial charge in [0.1, 0.15) is 6.61 Å². The number of para-hydroxylation sites is 1. The average Bonchev–Trinajstić information content (AvgIpc) is 2.39. The van der Waals surface area contributed by atoms with Gasteiger partial charge >= 0.3 is 5.97 Å². The molecule has 0 heterocycles. The maximum atomic E-state index is 11.9. The van der Waals surface area contributed by atoms with Crippen LogP contribution in [0.2, 0.25) is 0 Å². The second-order valence-electron chi connectivity index (χ2n) is 3.91. The first-order valence-corrected chi connectivity index (χ1v) is 7.12.